The highest BCUT2D eigenvalue weighted by atomic mass is 19.1. The number of likely N-dealkylation sites (tertiary alicyclic amines) is 1. The van der Waals surface area contributed by atoms with Crippen molar-refractivity contribution < 1.29 is 27.8 Å². The Morgan fingerprint density at radius 1 is 1.29 bits per heavy atom. The number of halogens is 2. The summed E-state index contributed by atoms with van der Waals surface area (Å²) in [5, 5.41) is 13.2. The molecule has 2 aliphatic heterocycles. The van der Waals surface area contributed by atoms with Crippen molar-refractivity contribution >= 4 is 28.8 Å². The van der Waals surface area contributed by atoms with E-state index in [2.05, 4.69) is 10.6 Å². The Labute approximate surface area is 195 Å². The Hall–Kier alpha value is -3.95. The first-order chi connectivity index (χ1) is 16.3. The van der Waals surface area contributed by atoms with Gasteiger partial charge in [0.25, 0.3) is 11.8 Å². The van der Waals surface area contributed by atoms with Gasteiger partial charge >= 0.3 is 0 Å². The van der Waals surface area contributed by atoms with Gasteiger partial charge in [-0.3, -0.25) is 9.59 Å². The minimum Gasteiger partial charge on any atom is -0.490 e. The Morgan fingerprint density at radius 2 is 2.06 bits per heavy atom. The van der Waals surface area contributed by atoms with Crippen LogP contribution in [0.5, 0.6) is 11.5 Å². The number of nitrogens with zero attached hydrogens (tertiary/aromatic N) is 1. The van der Waals surface area contributed by atoms with Crippen LogP contribution < -0.4 is 20.1 Å². The second-order valence-electron chi connectivity index (χ2n) is 8.17. The van der Waals surface area contributed by atoms with Gasteiger partial charge in [-0.2, -0.15) is 0 Å². The molecule has 4 rings (SSSR count). The molecule has 2 aliphatic rings. The van der Waals surface area contributed by atoms with Gasteiger partial charge < -0.3 is 30.4 Å². The van der Waals surface area contributed by atoms with Gasteiger partial charge in [-0.25, -0.2) is 8.78 Å². The molecule has 0 atom stereocenters. The molecule has 0 radical (unpaired) electrons. The van der Waals surface area contributed by atoms with E-state index in [-0.39, 0.29) is 47.8 Å². The van der Waals surface area contributed by atoms with Gasteiger partial charge in [-0.1, -0.05) is 6.07 Å². The van der Waals surface area contributed by atoms with Gasteiger partial charge in [0.15, 0.2) is 18.2 Å². The topological polar surface area (TPSA) is 104 Å². The number of rotatable bonds is 7. The number of carbonyl (C=O) groups excluding carboxylic acids is 2. The number of hydrogen-bond donors (Lipinski definition) is 3. The maximum Gasteiger partial charge on any atom is 0.262 e. The van der Waals surface area contributed by atoms with Crippen LogP contribution >= 0.6 is 0 Å². The molecular formula is C24H24F2N4O4. The Bertz CT molecular complexity index is 1190. The van der Waals surface area contributed by atoms with E-state index >= 15 is 0 Å². The third-order valence-corrected chi connectivity index (χ3v) is 5.59. The van der Waals surface area contributed by atoms with Crippen molar-refractivity contribution in [3.8, 4) is 11.5 Å². The molecule has 1 fully saturated rings. The molecule has 178 valence electrons. The lowest BCUT2D eigenvalue weighted by Crippen LogP contribution is -2.52. The molecule has 2 aromatic carbocycles. The molecule has 2 amide bonds. The van der Waals surface area contributed by atoms with Gasteiger partial charge in [0.2, 0.25) is 0 Å². The van der Waals surface area contributed by atoms with Gasteiger partial charge in [0, 0.05) is 49.6 Å². The van der Waals surface area contributed by atoms with Crippen LogP contribution in [0.15, 0.2) is 36.5 Å². The summed E-state index contributed by atoms with van der Waals surface area (Å²) in [5.41, 5.74) is 1.53. The van der Waals surface area contributed by atoms with Gasteiger partial charge in [-0.15, -0.1) is 0 Å². The summed E-state index contributed by atoms with van der Waals surface area (Å²) in [5.74, 6) is -1.92. The molecule has 10 heteroatoms. The third-order valence-electron chi connectivity index (χ3n) is 5.59. The number of nitrogens with one attached hydrogen (secondary N) is 3. The van der Waals surface area contributed by atoms with Crippen molar-refractivity contribution in [2.24, 2.45) is 5.92 Å². The van der Waals surface area contributed by atoms with Crippen LogP contribution in [0.4, 0.5) is 14.5 Å². The second-order valence-corrected chi connectivity index (χ2v) is 8.17. The highest BCUT2D eigenvalue weighted by Gasteiger charge is 2.34. The summed E-state index contributed by atoms with van der Waals surface area (Å²) in [6.45, 7) is 2.28. The van der Waals surface area contributed by atoms with Crippen LogP contribution in [-0.2, 0) is 4.79 Å². The van der Waals surface area contributed by atoms with Crippen molar-refractivity contribution in [3.05, 3.63) is 59.3 Å². The Morgan fingerprint density at radius 3 is 2.74 bits per heavy atom. The van der Waals surface area contributed by atoms with Crippen LogP contribution in [-0.4, -0.2) is 55.8 Å². The molecule has 0 spiro atoms. The smallest absolute Gasteiger partial charge is 0.262 e. The SMILES string of the molecule is CN/C=C(\C(C)=N)c1ccc(OCC2CN(C(=O)c3cc4c(cc3F)OCC(=O)N4)C2)c(F)c1. The molecule has 3 N–H and O–H groups in total. The molecular weight excluding hydrogens is 446 g/mol. The predicted octanol–water partition coefficient (Wildman–Crippen LogP) is 3.05. The van der Waals surface area contributed by atoms with E-state index in [1.54, 1.807) is 26.2 Å². The fraction of sp³-hybridized carbons (Fsp3) is 0.292. The van der Waals surface area contributed by atoms with E-state index in [1.165, 1.54) is 23.1 Å². The highest BCUT2D eigenvalue weighted by molar-refractivity contribution is 6.21. The van der Waals surface area contributed by atoms with Crippen LogP contribution in [0.25, 0.3) is 5.57 Å². The summed E-state index contributed by atoms with van der Waals surface area (Å²) in [7, 11) is 1.70. The van der Waals surface area contributed by atoms with E-state index in [0.29, 0.717) is 29.9 Å². The van der Waals surface area contributed by atoms with Crippen molar-refractivity contribution in [1.29, 1.82) is 5.41 Å². The average molecular weight is 470 g/mol. The lowest BCUT2D eigenvalue weighted by Gasteiger charge is -2.39. The Kier molecular flexibility index (Phi) is 6.49. The fourth-order valence-corrected chi connectivity index (χ4v) is 3.82. The van der Waals surface area contributed by atoms with Crippen LogP contribution in [0.2, 0.25) is 0 Å². The van der Waals surface area contributed by atoms with E-state index < -0.39 is 17.5 Å². The Balaban J connectivity index is 1.34. The van der Waals surface area contributed by atoms with Crippen LogP contribution in [0, 0.1) is 23.0 Å². The molecule has 2 aromatic rings. The minimum atomic E-state index is -0.728. The summed E-state index contributed by atoms with van der Waals surface area (Å²) in [4.78, 5) is 25.6. The van der Waals surface area contributed by atoms with Crippen LogP contribution in [0.1, 0.15) is 22.8 Å². The minimum absolute atomic E-state index is 0.0321. The molecule has 1 saturated heterocycles. The molecule has 0 bridgehead atoms. The standard InChI is InChI=1S/C24H24F2N4O4/c1-13(27)17(8-28-2)15-3-4-21(19(26)5-15)33-11-14-9-30(10-14)24(32)16-6-20-22(7-18(16)25)34-12-23(31)29-20/h3-8,14,27-28H,9-12H2,1-2H3,(H,29,31)/b17-8+,27-13?. The van der Waals surface area contributed by atoms with Gasteiger partial charge in [0.05, 0.1) is 17.9 Å². The number of hydrogen-bond acceptors (Lipinski definition) is 6. The molecule has 0 saturated carbocycles. The van der Waals surface area contributed by atoms with Crippen molar-refractivity contribution in [2.45, 2.75) is 6.92 Å². The quantitative estimate of drug-likeness (QED) is 0.540. The summed E-state index contributed by atoms with van der Waals surface area (Å²) in [6.07, 6.45) is 1.63. The summed E-state index contributed by atoms with van der Waals surface area (Å²) in [6, 6.07) is 6.87. The number of ether oxygens (including phenoxy) is 2. The maximum atomic E-state index is 14.5. The summed E-state index contributed by atoms with van der Waals surface area (Å²) < 4.78 is 39.7. The number of benzene rings is 2. The van der Waals surface area contributed by atoms with Gasteiger partial charge in [0.1, 0.15) is 11.6 Å². The maximum absolute atomic E-state index is 14.5. The van der Waals surface area contributed by atoms with Crippen molar-refractivity contribution in [1.82, 2.24) is 10.2 Å². The molecule has 34 heavy (non-hydrogen) atoms. The zero-order chi connectivity index (χ0) is 24.4. The summed E-state index contributed by atoms with van der Waals surface area (Å²) >= 11 is 0. The van der Waals surface area contributed by atoms with Crippen molar-refractivity contribution in [3.63, 3.8) is 0 Å². The normalized spacial score (nSPS) is 15.6. The highest BCUT2D eigenvalue weighted by Crippen LogP contribution is 2.32. The zero-order valence-electron chi connectivity index (χ0n) is 18.7. The lowest BCUT2D eigenvalue weighted by molar-refractivity contribution is -0.118. The van der Waals surface area contributed by atoms with Crippen LogP contribution in [0.3, 0.4) is 0 Å². The first kappa shape index (κ1) is 23.2. The second kappa shape index (κ2) is 9.50. The lowest BCUT2D eigenvalue weighted by atomic mass is 9.99. The molecule has 8 nitrogen and oxygen atoms in total. The van der Waals surface area contributed by atoms with E-state index in [9.17, 15) is 18.4 Å². The molecule has 0 unspecified atom stereocenters. The average Bonchev–Trinajstić information content (AvgIpc) is 2.76. The number of fused-ring (bicyclic) bond motifs is 1. The van der Waals surface area contributed by atoms with Gasteiger partial charge in [-0.05, 0) is 30.7 Å². The number of anilines is 1. The molecule has 0 aliphatic carbocycles. The largest absolute Gasteiger partial charge is 0.490 e. The van der Waals surface area contributed by atoms with E-state index in [0.717, 1.165) is 6.07 Å². The number of carbonyl (C=O) groups is 2. The predicted molar refractivity (Wildman–Crippen MR) is 122 cm³/mol. The molecule has 0 aromatic heterocycles. The fourth-order valence-electron chi connectivity index (χ4n) is 3.82. The van der Waals surface area contributed by atoms with Crippen molar-refractivity contribution in [2.75, 3.05) is 38.7 Å². The number of amides is 2. The third kappa shape index (κ3) is 4.70. The molecule has 2 heterocycles. The monoisotopic (exact) mass is 470 g/mol. The first-order valence-electron chi connectivity index (χ1n) is 10.7. The zero-order valence-corrected chi connectivity index (χ0v) is 18.7. The number of allylic oxidation sites excluding steroid dienone is 1. The first-order valence-corrected chi connectivity index (χ1v) is 10.7. The van der Waals surface area contributed by atoms with E-state index in [4.69, 9.17) is 14.9 Å². The van der Waals surface area contributed by atoms with E-state index in [1.807, 2.05) is 0 Å².